The molecule has 3 aromatic heterocycles. The molecule has 4 rings (SSSR count). The monoisotopic (exact) mass is 388 g/mol. The lowest BCUT2D eigenvalue weighted by Gasteiger charge is -2.06. The number of hydrogen-bond acceptors (Lipinski definition) is 8. The molecule has 0 radical (unpaired) electrons. The fourth-order valence-electron chi connectivity index (χ4n) is 2.29. The van der Waals surface area contributed by atoms with E-state index in [9.17, 15) is 4.39 Å². The zero-order valence-electron chi connectivity index (χ0n) is 13.5. The van der Waals surface area contributed by atoms with E-state index >= 15 is 0 Å². The maximum Gasteiger partial charge on any atom is 0.257 e. The van der Waals surface area contributed by atoms with E-state index in [1.165, 1.54) is 39.9 Å². The predicted molar refractivity (Wildman–Crippen MR) is 97.4 cm³/mol. The van der Waals surface area contributed by atoms with Gasteiger partial charge in [-0.2, -0.15) is 0 Å². The number of nitrogen functional groups attached to an aromatic ring is 1. The molecule has 0 saturated heterocycles. The van der Waals surface area contributed by atoms with Gasteiger partial charge >= 0.3 is 0 Å². The van der Waals surface area contributed by atoms with Gasteiger partial charge in [0.25, 0.3) is 5.89 Å². The summed E-state index contributed by atoms with van der Waals surface area (Å²) in [5.74, 6) is 7.05. The summed E-state index contributed by atoms with van der Waals surface area (Å²) in [6.07, 6.45) is 0. The number of thiophene rings is 1. The van der Waals surface area contributed by atoms with Crippen molar-refractivity contribution in [3.8, 4) is 22.2 Å². The van der Waals surface area contributed by atoms with Gasteiger partial charge in [0.2, 0.25) is 11.0 Å². The number of nitrogens with zero attached hydrogens (tertiary/aromatic N) is 5. The highest BCUT2D eigenvalue weighted by Crippen LogP contribution is 2.35. The molecule has 0 spiro atoms. The zero-order valence-corrected chi connectivity index (χ0v) is 15.2. The van der Waals surface area contributed by atoms with Gasteiger partial charge in [0.05, 0.1) is 10.1 Å². The Kier molecular flexibility index (Phi) is 4.43. The van der Waals surface area contributed by atoms with Gasteiger partial charge in [0.15, 0.2) is 5.82 Å². The van der Waals surface area contributed by atoms with Crippen LogP contribution in [0.25, 0.3) is 22.2 Å². The Morgan fingerprint density at radius 3 is 2.85 bits per heavy atom. The number of thioether (sulfide) groups is 1. The molecule has 0 aliphatic heterocycles. The number of rotatable bonds is 5. The summed E-state index contributed by atoms with van der Waals surface area (Å²) in [5, 5.41) is 18.5. The van der Waals surface area contributed by atoms with Gasteiger partial charge in [0.1, 0.15) is 5.82 Å². The van der Waals surface area contributed by atoms with E-state index in [1.54, 1.807) is 12.1 Å². The van der Waals surface area contributed by atoms with Crippen LogP contribution in [0.2, 0.25) is 0 Å². The van der Waals surface area contributed by atoms with Crippen LogP contribution in [0.3, 0.4) is 0 Å². The lowest BCUT2D eigenvalue weighted by molar-refractivity contribution is 0.510. The molecule has 26 heavy (non-hydrogen) atoms. The van der Waals surface area contributed by atoms with Gasteiger partial charge in [-0.05, 0) is 30.5 Å². The summed E-state index contributed by atoms with van der Waals surface area (Å²) < 4.78 is 20.5. The van der Waals surface area contributed by atoms with Crippen LogP contribution in [-0.2, 0) is 0 Å². The highest BCUT2D eigenvalue weighted by atomic mass is 32.2. The summed E-state index contributed by atoms with van der Waals surface area (Å²) in [7, 11) is 0. The summed E-state index contributed by atoms with van der Waals surface area (Å²) in [5.41, 5.74) is 0.553. The highest BCUT2D eigenvalue weighted by molar-refractivity contribution is 7.99. The molecule has 0 fully saturated rings. The van der Waals surface area contributed by atoms with Crippen LogP contribution in [0.1, 0.15) is 18.1 Å². The Labute approximate surface area is 156 Å². The Balaban J connectivity index is 1.54. The van der Waals surface area contributed by atoms with Gasteiger partial charge in [-0.15, -0.1) is 31.7 Å². The third-order valence-electron chi connectivity index (χ3n) is 3.55. The molecule has 3 heterocycles. The zero-order chi connectivity index (χ0) is 18.1. The highest BCUT2D eigenvalue weighted by Gasteiger charge is 2.21. The fourth-order valence-corrected chi connectivity index (χ4v) is 3.73. The van der Waals surface area contributed by atoms with Crippen molar-refractivity contribution < 1.29 is 8.81 Å². The Hall–Kier alpha value is -2.72. The maximum atomic E-state index is 13.4. The minimum Gasteiger partial charge on any atom is -0.419 e. The molecule has 1 atom stereocenters. The van der Waals surface area contributed by atoms with E-state index in [0.717, 1.165) is 4.88 Å². The number of benzene rings is 1. The fraction of sp³-hybridized carbons (Fsp3) is 0.125. The average Bonchev–Trinajstić information content (AvgIpc) is 3.36. The first-order chi connectivity index (χ1) is 12.6. The topological polar surface area (TPSA) is 95.7 Å². The first-order valence-corrected chi connectivity index (χ1v) is 9.38. The van der Waals surface area contributed by atoms with E-state index in [-0.39, 0.29) is 11.1 Å². The molecule has 132 valence electrons. The number of nitrogens with two attached hydrogens (primary N) is 1. The number of halogens is 1. The summed E-state index contributed by atoms with van der Waals surface area (Å²) in [4.78, 5) is 0.913. The molecule has 0 saturated carbocycles. The predicted octanol–water partition coefficient (Wildman–Crippen LogP) is 3.76. The molecule has 0 aliphatic rings. The standard InChI is InChI=1S/C16H13FN6OS2/c1-9(14-20-21-15(24-14)12-6-3-7-25-12)26-16-22-19-13(23(16)18)10-4-2-5-11(17)8-10/h2-9H,18H2,1H3/t9-/m0/s1. The quantitative estimate of drug-likeness (QED) is 0.411. The minimum atomic E-state index is -0.361. The van der Waals surface area contributed by atoms with E-state index in [4.69, 9.17) is 10.3 Å². The summed E-state index contributed by atoms with van der Waals surface area (Å²) in [6, 6.07) is 9.88. The Morgan fingerprint density at radius 1 is 1.19 bits per heavy atom. The molecule has 1 aromatic carbocycles. The lowest BCUT2D eigenvalue weighted by atomic mass is 10.2. The van der Waals surface area contributed by atoms with Crippen molar-refractivity contribution in [2.24, 2.45) is 0 Å². The SMILES string of the molecule is C[C@H](Sc1nnc(-c2cccc(F)c2)n1N)c1nnc(-c2cccs2)o1. The molecule has 10 heteroatoms. The molecule has 2 N–H and O–H groups in total. The summed E-state index contributed by atoms with van der Waals surface area (Å²) in [6.45, 7) is 1.91. The van der Waals surface area contributed by atoms with Gasteiger partial charge < -0.3 is 10.3 Å². The average molecular weight is 388 g/mol. The molecule has 7 nitrogen and oxygen atoms in total. The van der Waals surface area contributed by atoms with Crippen molar-refractivity contribution in [3.05, 3.63) is 53.5 Å². The van der Waals surface area contributed by atoms with E-state index in [1.807, 2.05) is 24.4 Å². The largest absolute Gasteiger partial charge is 0.419 e. The van der Waals surface area contributed by atoms with E-state index < -0.39 is 0 Å². The van der Waals surface area contributed by atoms with Crippen LogP contribution < -0.4 is 5.84 Å². The second kappa shape index (κ2) is 6.89. The van der Waals surface area contributed by atoms with Crippen molar-refractivity contribution in [2.75, 3.05) is 5.84 Å². The van der Waals surface area contributed by atoms with Gasteiger partial charge in [-0.1, -0.05) is 30.0 Å². The number of hydrogen-bond donors (Lipinski definition) is 1. The van der Waals surface area contributed by atoms with Crippen molar-refractivity contribution in [2.45, 2.75) is 17.3 Å². The van der Waals surface area contributed by atoms with Gasteiger partial charge in [0, 0.05) is 5.56 Å². The second-order valence-corrected chi connectivity index (χ2v) is 7.63. The first kappa shape index (κ1) is 16.7. The number of aromatic nitrogens is 5. The van der Waals surface area contributed by atoms with Crippen LogP contribution in [0, 0.1) is 5.82 Å². The third kappa shape index (κ3) is 3.20. The second-order valence-electron chi connectivity index (χ2n) is 5.37. The lowest BCUT2D eigenvalue weighted by Crippen LogP contribution is -2.12. The molecule has 4 aromatic rings. The molecular weight excluding hydrogens is 375 g/mol. The van der Waals surface area contributed by atoms with Gasteiger partial charge in [-0.3, -0.25) is 0 Å². The third-order valence-corrected chi connectivity index (χ3v) is 5.45. The van der Waals surface area contributed by atoms with Crippen molar-refractivity contribution in [1.29, 1.82) is 0 Å². The normalized spacial score (nSPS) is 12.4. The minimum absolute atomic E-state index is 0.178. The smallest absolute Gasteiger partial charge is 0.257 e. The van der Waals surface area contributed by atoms with E-state index in [2.05, 4.69) is 20.4 Å². The van der Waals surface area contributed by atoms with Crippen LogP contribution in [0.4, 0.5) is 4.39 Å². The molecular formula is C16H13FN6OS2. The van der Waals surface area contributed by atoms with Crippen molar-refractivity contribution >= 4 is 23.1 Å². The van der Waals surface area contributed by atoms with E-state index in [0.29, 0.717) is 28.3 Å². The van der Waals surface area contributed by atoms with Gasteiger partial charge in [-0.25, -0.2) is 9.07 Å². The van der Waals surface area contributed by atoms with Crippen molar-refractivity contribution in [3.63, 3.8) is 0 Å². The first-order valence-electron chi connectivity index (χ1n) is 7.62. The Bertz CT molecular complexity index is 1030. The maximum absolute atomic E-state index is 13.4. The molecule has 0 bridgehead atoms. The molecule has 0 amide bonds. The summed E-state index contributed by atoms with van der Waals surface area (Å²) >= 11 is 2.86. The molecule has 0 unspecified atom stereocenters. The molecule has 0 aliphatic carbocycles. The Morgan fingerprint density at radius 2 is 2.08 bits per heavy atom. The van der Waals surface area contributed by atoms with Crippen LogP contribution in [-0.4, -0.2) is 25.1 Å². The van der Waals surface area contributed by atoms with Crippen LogP contribution in [0.15, 0.2) is 51.4 Å². The van der Waals surface area contributed by atoms with Crippen LogP contribution >= 0.6 is 23.1 Å². The van der Waals surface area contributed by atoms with Crippen molar-refractivity contribution in [1.82, 2.24) is 25.1 Å². The van der Waals surface area contributed by atoms with Crippen LogP contribution in [0.5, 0.6) is 0 Å².